The third kappa shape index (κ3) is 3.32. The van der Waals surface area contributed by atoms with E-state index in [9.17, 15) is 18.0 Å². The molecule has 0 saturated carbocycles. The van der Waals surface area contributed by atoms with Gasteiger partial charge >= 0.3 is 6.18 Å². The van der Waals surface area contributed by atoms with Gasteiger partial charge in [-0.3, -0.25) is 15.1 Å². The van der Waals surface area contributed by atoms with Crippen LogP contribution in [0.2, 0.25) is 0 Å². The van der Waals surface area contributed by atoms with Crippen LogP contribution in [0.25, 0.3) is 11.1 Å². The number of amides is 1. The first-order valence-corrected chi connectivity index (χ1v) is 8.99. The fraction of sp³-hybridized carbons (Fsp3) is 0.400. The number of rotatable bonds is 2. The van der Waals surface area contributed by atoms with E-state index in [0.29, 0.717) is 12.1 Å². The number of nitrogens with one attached hydrogen (secondary N) is 2. The van der Waals surface area contributed by atoms with E-state index < -0.39 is 17.3 Å². The number of benzene rings is 1. The summed E-state index contributed by atoms with van der Waals surface area (Å²) in [6.07, 6.45) is -2.02. The summed E-state index contributed by atoms with van der Waals surface area (Å²) in [6, 6.07) is 8.87. The molecule has 2 saturated heterocycles. The minimum Gasteiger partial charge on any atom is -0.354 e. The molecule has 142 valence electrons. The summed E-state index contributed by atoms with van der Waals surface area (Å²) in [5, 5.41) is 6.32. The Labute approximate surface area is 155 Å². The summed E-state index contributed by atoms with van der Waals surface area (Å²) in [5.41, 5.74) is 1.97. The van der Waals surface area contributed by atoms with E-state index in [1.54, 1.807) is 0 Å². The first-order chi connectivity index (χ1) is 12.8. The van der Waals surface area contributed by atoms with Crippen molar-refractivity contribution in [1.29, 1.82) is 0 Å². The third-order valence-electron chi connectivity index (χ3n) is 5.46. The van der Waals surface area contributed by atoms with Gasteiger partial charge in [0.2, 0.25) is 5.91 Å². The van der Waals surface area contributed by atoms with Crippen LogP contribution in [0.5, 0.6) is 0 Å². The minimum absolute atomic E-state index is 0.0399. The maximum Gasteiger partial charge on any atom is 0.416 e. The third-order valence-corrected chi connectivity index (χ3v) is 5.46. The molecule has 0 bridgehead atoms. The molecule has 1 aromatic heterocycles. The molecule has 2 N–H and O–H groups in total. The molecule has 1 spiro atoms. The number of hydrogen-bond donors (Lipinski definition) is 2. The second-order valence-electron chi connectivity index (χ2n) is 7.32. The van der Waals surface area contributed by atoms with Crippen LogP contribution in [-0.2, 0) is 11.0 Å². The molecule has 2 aliphatic rings. The second kappa shape index (κ2) is 6.34. The van der Waals surface area contributed by atoms with Crippen molar-refractivity contribution < 1.29 is 18.0 Å². The van der Waals surface area contributed by atoms with Gasteiger partial charge in [-0.2, -0.15) is 13.2 Å². The van der Waals surface area contributed by atoms with E-state index in [1.807, 2.05) is 19.1 Å². The van der Waals surface area contributed by atoms with Crippen LogP contribution in [-0.4, -0.2) is 23.0 Å². The monoisotopic (exact) mass is 375 g/mol. The van der Waals surface area contributed by atoms with Gasteiger partial charge < -0.3 is 5.32 Å². The Morgan fingerprint density at radius 2 is 1.85 bits per heavy atom. The Morgan fingerprint density at radius 3 is 2.48 bits per heavy atom. The van der Waals surface area contributed by atoms with Crippen molar-refractivity contribution in [3.8, 4) is 11.1 Å². The molecule has 0 radical (unpaired) electrons. The topological polar surface area (TPSA) is 54.0 Å². The quantitative estimate of drug-likeness (QED) is 0.840. The van der Waals surface area contributed by atoms with E-state index in [0.717, 1.165) is 48.3 Å². The molecule has 1 aromatic carbocycles. The fourth-order valence-electron chi connectivity index (χ4n) is 4.03. The zero-order chi connectivity index (χ0) is 19.2. The minimum atomic E-state index is -4.35. The molecule has 2 atom stereocenters. The van der Waals surface area contributed by atoms with Crippen LogP contribution in [0, 0.1) is 6.92 Å². The van der Waals surface area contributed by atoms with Gasteiger partial charge in [-0.1, -0.05) is 12.1 Å². The van der Waals surface area contributed by atoms with Gasteiger partial charge in [-0.05, 0) is 61.6 Å². The molecule has 0 aliphatic carbocycles. The fourth-order valence-corrected chi connectivity index (χ4v) is 4.03. The van der Waals surface area contributed by atoms with Crippen molar-refractivity contribution in [1.82, 2.24) is 15.6 Å². The second-order valence-corrected chi connectivity index (χ2v) is 7.32. The molecule has 27 heavy (non-hydrogen) atoms. The highest BCUT2D eigenvalue weighted by molar-refractivity contribution is 5.88. The standard InChI is InChI=1S/C20H20F3N3O/c1-12-10-14(13-2-4-15(5-3-13)20(21,22)23)11-17(25-12)16-6-7-19(26-16)8-9-24-18(19)27/h2-5,10-11,16,26H,6-9H2,1H3,(H,24,27)/t16-,19-/m0/s1. The Morgan fingerprint density at radius 1 is 1.11 bits per heavy atom. The number of halogens is 3. The van der Waals surface area contributed by atoms with Gasteiger partial charge in [0, 0.05) is 12.2 Å². The summed E-state index contributed by atoms with van der Waals surface area (Å²) < 4.78 is 38.3. The van der Waals surface area contributed by atoms with Crippen LogP contribution in [0.15, 0.2) is 36.4 Å². The summed E-state index contributed by atoms with van der Waals surface area (Å²) in [6.45, 7) is 2.54. The number of alkyl halides is 3. The van der Waals surface area contributed by atoms with Crippen LogP contribution in [0.3, 0.4) is 0 Å². The lowest BCUT2D eigenvalue weighted by Crippen LogP contribution is -2.47. The summed E-state index contributed by atoms with van der Waals surface area (Å²) in [5.74, 6) is 0.0422. The predicted octanol–water partition coefficient (Wildman–Crippen LogP) is 3.76. The van der Waals surface area contributed by atoms with Gasteiger partial charge in [0.05, 0.1) is 17.3 Å². The van der Waals surface area contributed by atoms with Crippen LogP contribution in [0.1, 0.15) is 42.3 Å². The molecule has 2 aromatic rings. The van der Waals surface area contributed by atoms with Crippen LogP contribution in [0.4, 0.5) is 13.2 Å². The molecule has 7 heteroatoms. The van der Waals surface area contributed by atoms with Crippen molar-refractivity contribution in [3.63, 3.8) is 0 Å². The molecule has 4 rings (SSSR count). The van der Waals surface area contributed by atoms with Gasteiger partial charge in [-0.15, -0.1) is 0 Å². The van der Waals surface area contributed by atoms with E-state index in [2.05, 4.69) is 15.6 Å². The van der Waals surface area contributed by atoms with E-state index in [1.165, 1.54) is 12.1 Å². The predicted molar refractivity (Wildman–Crippen MR) is 94.9 cm³/mol. The van der Waals surface area contributed by atoms with Gasteiger partial charge in [0.1, 0.15) is 5.54 Å². The average Bonchev–Trinajstić information content (AvgIpc) is 3.21. The van der Waals surface area contributed by atoms with E-state index >= 15 is 0 Å². The Bertz CT molecular complexity index is 879. The molecule has 1 amide bonds. The molecule has 4 nitrogen and oxygen atoms in total. The van der Waals surface area contributed by atoms with Crippen molar-refractivity contribution in [3.05, 3.63) is 53.3 Å². The van der Waals surface area contributed by atoms with E-state index in [-0.39, 0.29) is 11.9 Å². The Balaban J connectivity index is 1.62. The summed E-state index contributed by atoms with van der Waals surface area (Å²) in [4.78, 5) is 16.8. The number of aryl methyl sites for hydroxylation is 1. The van der Waals surface area contributed by atoms with Crippen LogP contribution >= 0.6 is 0 Å². The molecule has 3 heterocycles. The maximum atomic E-state index is 12.8. The molecule has 0 unspecified atom stereocenters. The smallest absolute Gasteiger partial charge is 0.354 e. The highest BCUT2D eigenvalue weighted by Gasteiger charge is 2.48. The average molecular weight is 375 g/mol. The number of nitrogens with zero attached hydrogens (tertiary/aromatic N) is 1. The highest BCUT2D eigenvalue weighted by Crippen LogP contribution is 2.38. The van der Waals surface area contributed by atoms with Crippen molar-refractivity contribution in [2.45, 2.75) is 43.9 Å². The Hall–Kier alpha value is -2.41. The highest BCUT2D eigenvalue weighted by atomic mass is 19.4. The van der Waals surface area contributed by atoms with Crippen LogP contribution < -0.4 is 10.6 Å². The zero-order valence-corrected chi connectivity index (χ0v) is 14.9. The Kier molecular flexibility index (Phi) is 4.22. The summed E-state index contributed by atoms with van der Waals surface area (Å²) >= 11 is 0. The van der Waals surface area contributed by atoms with Gasteiger partial charge in [-0.25, -0.2) is 0 Å². The lowest BCUT2D eigenvalue weighted by Gasteiger charge is -2.22. The molecule has 2 fully saturated rings. The number of hydrogen-bond acceptors (Lipinski definition) is 3. The van der Waals surface area contributed by atoms with Crippen molar-refractivity contribution in [2.24, 2.45) is 0 Å². The lowest BCUT2D eigenvalue weighted by molar-refractivity contribution is -0.137. The molecular formula is C20H20F3N3O. The number of aromatic nitrogens is 1. The zero-order valence-electron chi connectivity index (χ0n) is 14.9. The largest absolute Gasteiger partial charge is 0.416 e. The van der Waals surface area contributed by atoms with Gasteiger partial charge in [0.25, 0.3) is 0 Å². The first-order valence-electron chi connectivity index (χ1n) is 8.99. The maximum absolute atomic E-state index is 12.8. The number of pyridine rings is 1. The van der Waals surface area contributed by atoms with Gasteiger partial charge in [0.15, 0.2) is 0 Å². The summed E-state index contributed by atoms with van der Waals surface area (Å²) in [7, 11) is 0. The number of carbonyl (C=O) groups is 1. The molecule has 2 aliphatic heterocycles. The SMILES string of the molecule is Cc1cc(-c2ccc(C(F)(F)F)cc2)cc([C@@H]2CC[C@@]3(CCNC3=O)N2)n1. The van der Waals surface area contributed by atoms with Crippen molar-refractivity contribution in [2.75, 3.05) is 6.54 Å². The van der Waals surface area contributed by atoms with E-state index in [4.69, 9.17) is 0 Å². The first kappa shape index (κ1) is 18.0. The van der Waals surface area contributed by atoms with Crippen molar-refractivity contribution >= 4 is 5.91 Å². The number of carbonyl (C=O) groups excluding carboxylic acids is 1. The lowest BCUT2D eigenvalue weighted by atomic mass is 9.96. The molecular weight excluding hydrogens is 355 g/mol. The normalized spacial score (nSPS) is 25.2.